The van der Waals surface area contributed by atoms with Crippen LogP contribution >= 0.6 is 11.6 Å². The standard InChI is InChI=1S/C22H27ClF2N6O/c1-11(2)30-8-14(9-30)16-12(3)15(23)7-13(19(16)32-4)5-6-31-22-17(18(29-31)20(24)25)21(26)27-10-28-22/h7,10-11,14,20H,5-6,8-9H2,1-4H3,(H2,26,27,28). The Balaban J connectivity index is 1.67. The van der Waals surface area contributed by atoms with Crippen LogP contribution < -0.4 is 10.5 Å². The molecule has 1 aliphatic rings. The van der Waals surface area contributed by atoms with E-state index in [1.54, 1.807) is 7.11 Å². The first-order valence-electron chi connectivity index (χ1n) is 10.6. The summed E-state index contributed by atoms with van der Waals surface area (Å²) in [5.41, 5.74) is 8.76. The second-order valence-electron chi connectivity index (χ2n) is 8.45. The molecule has 1 saturated heterocycles. The smallest absolute Gasteiger partial charge is 0.282 e. The van der Waals surface area contributed by atoms with Gasteiger partial charge in [-0.3, -0.25) is 4.90 Å². The molecule has 0 spiro atoms. The Hall–Kier alpha value is -2.52. The number of nitrogen functional groups attached to an aromatic ring is 1. The Morgan fingerprint density at radius 1 is 1.28 bits per heavy atom. The van der Waals surface area contributed by atoms with E-state index in [2.05, 4.69) is 33.8 Å². The fraction of sp³-hybridized carbons (Fsp3) is 0.500. The lowest BCUT2D eigenvalue weighted by Gasteiger charge is -2.43. The summed E-state index contributed by atoms with van der Waals surface area (Å²) in [6.45, 7) is 8.60. The monoisotopic (exact) mass is 464 g/mol. The molecule has 32 heavy (non-hydrogen) atoms. The van der Waals surface area contributed by atoms with Gasteiger partial charge in [-0.2, -0.15) is 5.10 Å². The number of hydrogen-bond acceptors (Lipinski definition) is 6. The lowest BCUT2D eigenvalue weighted by atomic mass is 9.85. The van der Waals surface area contributed by atoms with Crippen LogP contribution in [-0.4, -0.2) is 50.9 Å². The number of ether oxygens (including phenoxy) is 1. The molecule has 0 atom stereocenters. The van der Waals surface area contributed by atoms with Crippen molar-refractivity contribution in [2.45, 2.75) is 52.1 Å². The molecule has 0 aliphatic carbocycles. The Morgan fingerprint density at radius 2 is 2.00 bits per heavy atom. The second-order valence-corrected chi connectivity index (χ2v) is 8.86. The van der Waals surface area contributed by atoms with Crippen LogP contribution in [0.4, 0.5) is 14.6 Å². The molecule has 7 nitrogen and oxygen atoms in total. The van der Waals surface area contributed by atoms with Crippen LogP contribution in [-0.2, 0) is 13.0 Å². The molecule has 2 N–H and O–H groups in total. The predicted molar refractivity (Wildman–Crippen MR) is 121 cm³/mol. The number of fused-ring (bicyclic) bond motifs is 1. The van der Waals surface area contributed by atoms with Gasteiger partial charge in [-0.25, -0.2) is 23.4 Å². The Bertz CT molecular complexity index is 1140. The maximum absolute atomic E-state index is 13.5. The molecule has 1 aliphatic heterocycles. The molecular weight excluding hydrogens is 438 g/mol. The molecule has 3 aromatic rings. The molecule has 0 bridgehead atoms. The van der Waals surface area contributed by atoms with Gasteiger partial charge in [0.05, 0.1) is 12.5 Å². The minimum Gasteiger partial charge on any atom is -0.496 e. The van der Waals surface area contributed by atoms with Crippen LogP contribution in [0.25, 0.3) is 11.0 Å². The molecule has 4 rings (SSSR count). The molecular formula is C22H27ClF2N6O. The number of aromatic nitrogens is 4. The van der Waals surface area contributed by atoms with Gasteiger partial charge in [0.1, 0.15) is 23.6 Å². The number of hydrogen-bond donors (Lipinski definition) is 1. The van der Waals surface area contributed by atoms with Gasteiger partial charge in [-0.1, -0.05) is 11.6 Å². The van der Waals surface area contributed by atoms with Crippen molar-refractivity contribution in [3.8, 4) is 5.75 Å². The molecule has 10 heteroatoms. The molecule has 1 aromatic carbocycles. The van der Waals surface area contributed by atoms with Gasteiger partial charge in [-0.15, -0.1) is 0 Å². The summed E-state index contributed by atoms with van der Waals surface area (Å²) < 4.78 is 34.3. The van der Waals surface area contributed by atoms with Gasteiger partial charge >= 0.3 is 0 Å². The number of nitrogens with two attached hydrogens (primary N) is 1. The van der Waals surface area contributed by atoms with Crippen LogP contribution in [0, 0.1) is 6.92 Å². The number of aryl methyl sites for hydroxylation is 2. The quantitative estimate of drug-likeness (QED) is 0.559. The molecule has 0 amide bonds. The lowest BCUT2D eigenvalue weighted by Crippen LogP contribution is -2.48. The third kappa shape index (κ3) is 3.88. The Labute approximate surface area is 190 Å². The zero-order chi connectivity index (χ0) is 23.2. The van der Waals surface area contributed by atoms with Crippen LogP contribution in [0.1, 0.15) is 48.6 Å². The van der Waals surface area contributed by atoms with Crippen molar-refractivity contribution >= 4 is 28.5 Å². The van der Waals surface area contributed by atoms with Crippen molar-refractivity contribution in [1.82, 2.24) is 24.6 Å². The maximum Gasteiger partial charge on any atom is 0.282 e. The highest BCUT2D eigenvalue weighted by atomic mass is 35.5. The number of alkyl halides is 2. The third-order valence-electron chi connectivity index (χ3n) is 6.24. The number of anilines is 1. The molecule has 0 unspecified atom stereocenters. The first kappa shape index (κ1) is 22.7. The first-order chi connectivity index (χ1) is 15.2. The van der Waals surface area contributed by atoms with E-state index in [-0.39, 0.29) is 16.9 Å². The fourth-order valence-electron chi connectivity index (χ4n) is 4.43. The van der Waals surface area contributed by atoms with Gasteiger partial charge < -0.3 is 10.5 Å². The van der Waals surface area contributed by atoms with E-state index in [1.165, 1.54) is 11.0 Å². The number of nitrogens with zero attached hydrogens (tertiary/aromatic N) is 5. The molecule has 0 radical (unpaired) electrons. The Kier molecular flexibility index (Phi) is 6.22. The van der Waals surface area contributed by atoms with Crippen LogP contribution in [0.3, 0.4) is 0 Å². The van der Waals surface area contributed by atoms with Gasteiger partial charge in [0, 0.05) is 42.2 Å². The van der Waals surface area contributed by atoms with Crippen LogP contribution in [0.2, 0.25) is 5.02 Å². The molecule has 172 valence electrons. The van der Waals surface area contributed by atoms with Crippen molar-refractivity contribution in [3.05, 3.63) is 39.8 Å². The summed E-state index contributed by atoms with van der Waals surface area (Å²) in [4.78, 5) is 10.4. The Morgan fingerprint density at radius 3 is 2.62 bits per heavy atom. The van der Waals surface area contributed by atoms with Crippen LogP contribution in [0.15, 0.2) is 12.4 Å². The largest absolute Gasteiger partial charge is 0.496 e. The van der Waals surface area contributed by atoms with E-state index in [1.807, 2.05) is 13.0 Å². The van der Waals surface area contributed by atoms with E-state index >= 15 is 0 Å². The summed E-state index contributed by atoms with van der Waals surface area (Å²) in [6, 6.07) is 2.38. The zero-order valence-corrected chi connectivity index (χ0v) is 19.3. The van der Waals surface area contributed by atoms with Gasteiger partial charge in [0.15, 0.2) is 5.65 Å². The van der Waals surface area contributed by atoms with Crippen molar-refractivity contribution in [2.24, 2.45) is 0 Å². The molecule has 2 aromatic heterocycles. The highest BCUT2D eigenvalue weighted by Crippen LogP contribution is 2.42. The fourth-order valence-corrected chi connectivity index (χ4v) is 4.66. The summed E-state index contributed by atoms with van der Waals surface area (Å²) in [5, 5.41) is 4.85. The summed E-state index contributed by atoms with van der Waals surface area (Å²) in [6.07, 6.45) is -1.03. The number of methoxy groups -OCH3 is 1. The van der Waals surface area contributed by atoms with Gasteiger partial charge in [0.25, 0.3) is 6.43 Å². The first-order valence-corrected chi connectivity index (χ1v) is 11.0. The third-order valence-corrected chi connectivity index (χ3v) is 6.63. The average molecular weight is 465 g/mol. The summed E-state index contributed by atoms with van der Waals surface area (Å²) >= 11 is 6.59. The van der Waals surface area contributed by atoms with E-state index < -0.39 is 12.1 Å². The minimum absolute atomic E-state index is 0.00510. The normalized spacial score (nSPS) is 15.2. The van der Waals surface area contributed by atoms with E-state index in [4.69, 9.17) is 22.1 Å². The highest BCUT2D eigenvalue weighted by molar-refractivity contribution is 6.31. The van der Waals surface area contributed by atoms with E-state index in [0.29, 0.717) is 29.9 Å². The summed E-state index contributed by atoms with van der Waals surface area (Å²) in [7, 11) is 1.65. The SMILES string of the molecule is COc1c(CCn2nc(C(F)F)c3c(N)ncnc32)cc(Cl)c(C)c1C1CN(C(C)C)C1. The predicted octanol–water partition coefficient (Wildman–Crippen LogP) is 4.37. The zero-order valence-electron chi connectivity index (χ0n) is 18.6. The van der Waals surface area contributed by atoms with Crippen molar-refractivity contribution in [1.29, 1.82) is 0 Å². The lowest BCUT2D eigenvalue weighted by molar-refractivity contribution is 0.108. The average Bonchev–Trinajstić information content (AvgIpc) is 3.08. The second kappa shape index (κ2) is 8.78. The highest BCUT2D eigenvalue weighted by Gasteiger charge is 2.34. The minimum atomic E-state index is -2.77. The number of halogens is 3. The van der Waals surface area contributed by atoms with E-state index in [0.717, 1.165) is 35.5 Å². The van der Waals surface area contributed by atoms with Crippen molar-refractivity contribution in [3.63, 3.8) is 0 Å². The number of rotatable bonds is 7. The van der Waals surface area contributed by atoms with E-state index in [9.17, 15) is 8.78 Å². The maximum atomic E-state index is 13.5. The van der Waals surface area contributed by atoms with Crippen molar-refractivity contribution < 1.29 is 13.5 Å². The van der Waals surface area contributed by atoms with Crippen LogP contribution in [0.5, 0.6) is 5.75 Å². The topological polar surface area (TPSA) is 82.1 Å². The molecule has 1 fully saturated rings. The van der Waals surface area contributed by atoms with Gasteiger partial charge in [0.2, 0.25) is 0 Å². The number of benzene rings is 1. The molecule has 3 heterocycles. The molecule has 0 saturated carbocycles. The number of likely N-dealkylation sites (tertiary alicyclic amines) is 1. The van der Waals surface area contributed by atoms with Gasteiger partial charge in [-0.05, 0) is 44.4 Å². The summed E-state index contributed by atoms with van der Waals surface area (Å²) in [5.74, 6) is 1.14. The van der Waals surface area contributed by atoms with Crippen molar-refractivity contribution in [2.75, 3.05) is 25.9 Å².